The molecule has 0 aliphatic carbocycles. The number of pyridine rings is 1. The molecule has 0 fully saturated rings. The largest absolute Gasteiger partial charge is 0.392 e. The summed E-state index contributed by atoms with van der Waals surface area (Å²) in [6, 6.07) is 1.55. The molecule has 0 radical (unpaired) electrons. The van der Waals surface area contributed by atoms with E-state index in [1.165, 1.54) is 6.20 Å². The van der Waals surface area contributed by atoms with Crippen molar-refractivity contribution in [2.24, 2.45) is 0 Å². The molecule has 1 rings (SSSR count). The summed E-state index contributed by atoms with van der Waals surface area (Å²) in [6.45, 7) is 0. The molecule has 0 saturated heterocycles. The van der Waals surface area contributed by atoms with E-state index in [0.717, 1.165) is 0 Å². The van der Waals surface area contributed by atoms with Crippen molar-refractivity contribution in [1.82, 2.24) is 4.98 Å². The molecule has 0 saturated carbocycles. The molecule has 6 heteroatoms. The second-order valence-electron chi connectivity index (χ2n) is 2.10. The summed E-state index contributed by atoms with van der Waals surface area (Å²) in [5.41, 5.74) is 5.97. The second kappa shape index (κ2) is 3.36. The van der Waals surface area contributed by atoms with Gasteiger partial charge in [0.15, 0.2) is 0 Å². The van der Waals surface area contributed by atoms with Gasteiger partial charge in [0.05, 0.1) is 0 Å². The quantitative estimate of drug-likeness (QED) is 0.430. The molecule has 1 heterocycles. The van der Waals surface area contributed by atoms with E-state index in [2.05, 4.69) is 4.98 Å². The first-order chi connectivity index (χ1) is 5.66. The standard InChI is InChI=1S/C6H6ClN3O2/c7-3-4-1-2-9-6(5(4)8)10(11)12/h1-2H,3,8H2. The summed E-state index contributed by atoms with van der Waals surface area (Å²) in [4.78, 5) is 13.2. The highest BCUT2D eigenvalue weighted by atomic mass is 35.5. The number of nitrogens with two attached hydrogens (primary N) is 1. The third-order valence-corrected chi connectivity index (χ3v) is 1.66. The fourth-order valence-corrected chi connectivity index (χ4v) is 0.996. The van der Waals surface area contributed by atoms with Gasteiger partial charge in [0, 0.05) is 11.4 Å². The van der Waals surface area contributed by atoms with Crippen LogP contribution in [-0.2, 0) is 5.88 Å². The number of hydrogen-bond acceptors (Lipinski definition) is 4. The maximum atomic E-state index is 10.3. The Kier molecular flexibility index (Phi) is 2.44. The van der Waals surface area contributed by atoms with Crippen LogP contribution in [0.15, 0.2) is 12.3 Å². The van der Waals surface area contributed by atoms with Crippen LogP contribution in [0.1, 0.15) is 5.56 Å². The van der Waals surface area contributed by atoms with Crippen LogP contribution in [0.3, 0.4) is 0 Å². The minimum absolute atomic E-state index is 0.0394. The third kappa shape index (κ3) is 1.45. The van der Waals surface area contributed by atoms with E-state index >= 15 is 0 Å². The zero-order valence-electron chi connectivity index (χ0n) is 6.03. The fourth-order valence-electron chi connectivity index (χ4n) is 0.763. The molecule has 0 aliphatic rings. The van der Waals surface area contributed by atoms with Gasteiger partial charge in [-0.05, 0) is 16.0 Å². The normalized spacial score (nSPS) is 9.75. The molecule has 1 aromatic rings. The minimum Gasteiger partial charge on any atom is -0.392 e. The van der Waals surface area contributed by atoms with Crippen molar-refractivity contribution in [2.75, 3.05) is 5.73 Å². The molecule has 0 spiro atoms. The Morgan fingerprint density at radius 2 is 2.42 bits per heavy atom. The van der Waals surface area contributed by atoms with Crippen molar-refractivity contribution in [3.05, 3.63) is 27.9 Å². The van der Waals surface area contributed by atoms with E-state index in [1.807, 2.05) is 0 Å². The number of alkyl halides is 1. The minimum atomic E-state index is -0.634. The third-order valence-electron chi connectivity index (χ3n) is 1.38. The number of halogens is 1. The highest BCUT2D eigenvalue weighted by Crippen LogP contribution is 2.22. The molecule has 5 nitrogen and oxygen atoms in total. The van der Waals surface area contributed by atoms with E-state index < -0.39 is 4.92 Å². The van der Waals surface area contributed by atoms with Gasteiger partial charge in [-0.15, -0.1) is 11.6 Å². The molecule has 0 bridgehead atoms. The van der Waals surface area contributed by atoms with Gasteiger partial charge in [0.2, 0.25) is 0 Å². The monoisotopic (exact) mass is 187 g/mol. The molecule has 0 unspecified atom stereocenters. The maximum Gasteiger partial charge on any atom is 0.387 e. The molecule has 0 amide bonds. The van der Waals surface area contributed by atoms with Gasteiger partial charge in [-0.2, -0.15) is 0 Å². The van der Waals surface area contributed by atoms with Crippen LogP contribution < -0.4 is 5.73 Å². The van der Waals surface area contributed by atoms with Gasteiger partial charge >= 0.3 is 5.82 Å². The van der Waals surface area contributed by atoms with Gasteiger partial charge in [-0.1, -0.05) is 0 Å². The molecule has 1 aromatic heterocycles. The van der Waals surface area contributed by atoms with Gasteiger partial charge in [-0.3, -0.25) is 0 Å². The Labute approximate surface area is 73.3 Å². The van der Waals surface area contributed by atoms with Gasteiger partial charge in [0.1, 0.15) is 11.9 Å². The first kappa shape index (κ1) is 8.73. The number of hydrogen-bond donors (Lipinski definition) is 1. The van der Waals surface area contributed by atoms with Crippen LogP contribution in [-0.4, -0.2) is 9.91 Å². The highest BCUT2D eigenvalue weighted by Gasteiger charge is 2.14. The number of nitrogens with zero attached hydrogens (tertiary/aromatic N) is 2. The van der Waals surface area contributed by atoms with Gasteiger partial charge < -0.3 is 15.8 Å². The molecule has 0 aliphatic heterocycles. The predicted molar refractivity (Wildman–Crippen MR) is 44.9 cm³/mol. The first-order valence-corrected chi connectivity index (χ1v) is 3.64. The van der Waals surface area contributed by atoms with Crippen LogP contribution in [0.2, 0.25) is 0 Å². The molecule has 0 atom stereocenters. The van der Waals surface area contributed by atoms with E-state index in [1.54, 1.807) is 6.07 Å². The Bertz CT molecular complexity index is 316. The lowest BCUT2D eigenvalue weighted by atomic mass is 10.2. The average Bonchev–Trinajstić information content (AvgIpc) is 2.04. The smallest absolute Gasteiger partial charge is 0.387 e. The zero-order chi connectivity index (χ0) is 9.14. The lowest BCUT2D eigenvalue weighted by Crippen LogP contribution is -2.01. The van der Waals surface area contributed by atoms with E-state index in [-0.39, 0.29) is 17.4 Å². The second-order valence-corrected chi connectivity index (χ2v) is 2.37. The number of anilines is 1. The van der Waals surface area contributed by atoms with E-state index in [0.29, 0.717) is 5.56 Å². The summed E-state index contributed by atoms with van der Waals surface area (Å²) in [5.74, 6) is -0.192. The Morgan fingerprint density at radius 1 is 1.75 bits per heavy atom. The van der Waals surface area contributed by atoms with Crippen LogP contribution in [0.5, 0.6) is 0 Å². The SMILES string of the molecule is Nc1c(CCl)ccnc1[N+](=O)[O-]. The van der Waals surface area contributed by atoms with Crippen molar-refractivity contribution in [1.29, 1.82) is 0 Å². The van der Waals surface area contributed by atoms with Crippen LogP contribution in [0, 0.1) is 10.1 Å². The Hall–Kier alpha value is -1.36. The lowest BCUT2D eigenvalue weighted by Gasteiger charge is -1.99. The molecule has 12 heavy (non-hydrogen) atoms. The summed E-state index contributed by atoms with van der Waals surface area (Å²) in [6.07, 6.45) is 1.31. The predicted octanol–water partition coefficient (Wildman–Crippen LogP) is 1.31. The lowest BCUT2D eigenvalue weighted by molar-refractivity contribution is -0.388. The van der Waals surface area contributed by atoms with Crippen molar-refractivity contribution < 1.29 is 4.92 Å². The summed E-state index contributed by atoms with van der Waals surface area (Å²) >= 11 is 5.48. The molecule has 64 valence electrons. The van der Waals surface area contributed by atoms with Crippen molar-refractivity contribution in [2.45, 2.75) is 5.88 Å². The van der Waals surface area contributed by atoms with Gasteiger partial charge in [-0.25, -0.2) is 0 Å². The summed E-state index contributed by atoms with van der Waals surface area (Å²) < 4.78 is 0. The maximum absolute atomic E-state index is 10.3. The highest BCUT2D eigenvalue weighted by molar-refractivity contribution is 6.17. The summed E-state index contributed by atoms with van der Waals surface area (Å²) in [7, 11) is 0. The average molecular weight is 188 g/mol. The zero-order valence-corrected chi connectivity index (χ0v) is 6.78. The van der Waals surface area contributed by atoms with E-state index in [4.69, 9.17) is 17.3 Å². The first-order valence-electron chi connectivity index (χ1n) is 3.10. The number of nitrogen functional groups attached to an aromatic ring is 1. The Morgan fingerprint density at radius 3 is 2.92 bits per heavy atom. The fraction of sp³-hybridized carbons (Fsp3) is 0.167. The van der Waals surface area contributed by atoms with Crippen molar-refractivity contribution in [3.63, 3.8) is 0 Å². The number of aromatic nitrogens is 1. The van der Waals surface area contributed by atoms with Crippen LogP contribution >= 0.6 is 11.6 Å². The molecule has 0 aromatic carbocycles. The molecular weight excluding hydrogens is 182 g/mol. The van der Waals surface area contributed by atoms with E-state index in [9.17, 15) is 10.1 Å². The number of rotatable bonds is 2. The van der Waals surface area contributed by atoms with Gasteiger partial charge in [0.25, 0.3) is 0 Å². The van der Waals surface area contributed by atoms with Crippen molar-refractivity contribution >= 4 is 23.1 Å². The molecule has 2 N–H and O–H groups in total. The van der Waals surface area contributed by atoms with Crippen molar-refractivity contribution in [3.8, 4) is 0 Å². The number of nitro groups is 1. The molecular formula is C6H6ClN3O2. The Balaban J connectivity index is 3.23. The van der Waals surface area contributed by atoms with Crippen LogP contribution in [0.25, 0.3) is 0 Å². The van der Waals surface area contributed by atoms with Crippen LogP contribution in [0.4, 0.5) is 11.5 Å². The summed E-state index contributed by atoms with van der Waals surface area (Å²) in [5, 5.41) is 10.3. The topological polar surface area (TPSA) is 82.0 Å².